The Kier molecular flexibility index (Phi) is 4.90. The smallest absolute Gasteiger partial charge is 0.358 e. The highest BCUT2D eigenvalue weighted by atomic mass is 16.5. The first-order valence-electron chi connectivity index (χ1n) is 7.95. The van der Waals surface area contributed by atoms with E-state index in [1.165, 1.54) is 16.9 Å². The number of nitriles is 1. The Balaban J connectivity index is 2.03. The van der Waals surface area contributed by atoms with Gasteiger partial charge in [0.05, 0.1) is 6.61 Å². The fourth-order valence-electron chi connectivity index (χ4n) is 2.33. The van der Waals surface area contributed by atoms with Crippen LogP contribution in [-0.4, -0.2) is 32.9 Å². The highest BCUT2D eigenvalue weighted by molar-refractivity contribution is 6.06. The average Bonchev–Trinajstić information content (AvgIpc) is 3.10. The summed E-state index contributed by atoms with van der Waals surface area (Å²) in [5, 5.41) is 11.9. The first-order chi connectivity index (χ1) is 12.6. The van der Waals surface area contributed by atoms with E-state index >= 15 is 0 Å². The summed E-state index contributed by atoms with van der Waals surface area (Å²) in [6.07, 6.45) is 3.47. The van der Waals surface area contributed by atoms with Crippen molar-refractivity contribution in [3.8, 4) is 6.07 Å². The van der Waals surface area contributed by atoms with E-state index in [1.54, 1.807) is 30.3 Å². The minimum absolute atomic E-state index is 0.0104. The summed E-state index contributed by atoms with van der Waals surface area (Å²) in [4.78, 5) is 32.7. The summed E-state index contributed by atoms with van der Waals surface area (Å²) in [5.74, 6) is -0.959. The van der Waals surface area contributed by atoms with Gasteiger partial charge in [0.15, 0.2) is 17.2 Å². The van der Waals surface area contributed by atoms with Gasteiger partial charge >= 0.3 is 5.97 Å². The molecule has 8 nitrogen and oxygen atoms in total. The molecule has 0 saturated heterocycles. The van der Waals surface area contributed by atoms with Gasteiger partial charge in [-0.3, -0.25) is 9.20 Å². The van der Waals surface area contributed by atoms with Crippen LogP contribution in [0.1, 0.15) is 39.9 Å². The second kappa shape index (κ2) is 7.44. The number of benzene rings is 1. The molecule has 0 aliphatic rings. The predicted octanol–water partition coefficient (Wildman–Crippen LogP) is 2.42. The maximum atomic E-state index is 12.5. The number of rotatable bonds is 5. The van der Waals surface area contributed by atoms with Gasteiger partial charge in [-0.05, 0) is 18.6 Å². The van der Waals surface area contributed by atoms with Crippen molar-refractivity contribution in [2.45, 2.75) is 13.3 Å². The Morgan fingerprint density at radius 2 is 2.08 bits per heavy atom. The Morgan fingerprint density at radius 1 is 1.31 bits per heavy atom. The van der Waals surface area contributed by atoms with E-state index in [4.69, 9.17) is 4.74 Å². The van der Waals surface area contributed by atoms with E-state index in [9.17, 15) is 14.9 Å². The maximum absolute atomic E-state index is 12.5. The van der Waals surface area contributed by atoms with Crippen LogP contribution in [0.3, 0.4) is 0 Å². The quantitative estimate of drug-likeness (QED) is 0.709. The molecule has 0 aliphatic carbocycles. The molecule has 0 fully saturated rings. The lowest BCUT2D eigenvalue weighted by molar-refractivity contribution is 0.0497. The summed E-state index contributed by atoms with van der Waals surface area (Å²) >= 11 is 0. The zero-order valence-electron chi connectivity index (χ0n) is 14.0. The van der Waals surface area contributed by atoms with Crippen molar-refractivity contribution in [3.05, 3.63) is 59.8 Å². The van der Waals surface area contributed by atoms with E-state index in [0.29, 0.717) is 17.5 Å². The van der Waals surface area contributed by atoms with E-state index in [-0.39, 0.29) is 23.8 Å². The van der Waals surface area contributed by atoms with Crippen molar-refractivity contribution in [1.82, 2.24) is 14.4 Å². The number of carbonyl (C=O) groups excluding carboxylic acids is 2. The van der Waals surface area contributed by atoms with Crippen LogP contribution < -0.4 is 5.32 Å². The summed E-state index contributed by atoms with van der Waals surface area (Å²) in [6, 6.07) is 10.5. The lowest BCUT2D eigenvalue weighted by atomic mass is 10.2. The van der Waals surface area contributed by atoms with Gasteiger partial charge in [0.25, 0.3) is 5.91 Å². The summed E-state index contributed by atoms with van der Waals surface area (Å²) in [7, 11) is 0. The molecule has 2 aromatic heterocycles. The van der Waals surface area contributed by atoms with Crippen LogP contribution in [0, 0.1) is 11.3 Å². The summed E-state index contributed by atoms with van der Waals surface area (Å²) in [6.45, 7) is 2.14. The Hall–Kier alpha value is -3.73. The van der Waals surface area contributed by atoms with Crippen LogP contribution in [0.5, 0.6) is 0 Å². The van der Waals surface area contributed by atoms with Crippen molar-refractivity contribution in [2.75, 3.05) is 11.9 Å². The molecule has 3 aromatic rings. The molecule has 26 heavy (non-hydrogen) atoms. The molecule has 0 unspecified atom stereocenters. The predicted molar refractivity (Wildman–Crippen MR) is 92.7 cm³/mol. The highest BCUT2D eigenvalue weighted by Crippen LogP contribution is 2.20. The molecule has 0 spiro atoms. The van der Waals surface area contributed by atoms with Gasteiger partial charge in [-0.2, -0.15) is 5.26 Å². The third-order valence-electron chi connectivity index (χ3n) is 3.53. The number of fused-ring (bicyclic) bond motifs is 1. The summed E-state index contributed by atoms with van der Waals surface area (Å²) < 4.78 is 6.56. The minimum Gasteiger partial charge on any atom is -0.461 e. The third-order valence-corrected chi connectivity index (χ3v) is 3.53. The number of nitrogens with one attached hydrogen (secondary N) is 1. The standard InChI is InChI=1S/C18H15N5O3/c1-2-8-26-18(25)14-10-23-11-20-13(9-19)15(23)16(21-14)22-17(24)12-6-4-3-5-7-12/h3-7,10-11H,2,8H2,1H3,(H,21,22,24). The van der Waals surface area contributed by atoms with Crippen LogP contribution in [0.25, 0.3) is 5.52 Å². The fraction of sp³-hybridized carbons (Fsp3) is 0.167. The molecule has 0 saturated carbocycles. The number of imidazole rings is 1. The number of amides is 1. The molecule has 0 atom stereocenters. The number of nitrogens with zero attached hydrogens (tertiary/aromatic N) is 4. The first-order valence-corrected chi connectivity index (χ1v) is 7.95. The van der Waals surface area contributed by atoms with Gasteiger partial charge in [0, 0.05) is 11.8 Å². The second-order valence-corrected chi connectivity index (χ2v) is 5.39. The molecular formula is C18H15N5O3. The highest BCUT2D eigenvalue weighted by Gasteiger charge is 2.19. The molecule has 3 rings (SSSR count). The van der Waals surface area contributed by atoms with Crippen LogP contribution in [0.15, 0.2) is 42.9 Å². The number of anilines is 1. The van der Waals surface area contributed by atoms with Crippen molar-refractivity contribution < 1.29 is 14.3 Å². The van der Waals surface area contributed by atoms with Crippen molar-refractivity contribution in [3.63, 3.8) is 0 Å². The summed E-state index contributed by atoms with van der Waals surface area (Å²) in [5.41, 5.74) is 0.832. The largest absolute Gasteiger partial charge is 0.461 e. The topological polar surface area (TPSA) is 109 Å². The molecule has 130 valence electrons. The molecule has 0 bridgehead atoms. The SMILES string of the molecule is CCCOC(=O)c1cn2cnc(C#N)c2c(NC(=O)c2ccccc2)n1. The zero-order valence-corrected chi connectivity index (χ0v) is 14.0. The number of carbonyl (C=O) groups is 2. The number of ether oxygens (including phenoxy) is 1. The molecular weight excluding hydrogens is 334 g/mol. The molecule has 8 heteroatoms. The van der Waals surface area contributed by atoms with Crippen LogP contribution in [0.4, 0.5) is 5.82 Å². The number of aromatic nitrogens is 3. The monoisotopic (exact) mass is 349 g/mol. The Morgan fingerprint density at radius 3 is 2.77 bits per heavy atom. The molecule has 0 aliphatic heterocycles. The van der Waals surface area contributed by atoms with Crippen molar-refractivity contribution in [2.24, 2.45) is 0 Å². The van der Waals surface area contributed by atoms with Gasteiger partial charge < -0.3 is 10.1 Å². The van der Waals surface area contributed by atoms with Gasteiger partial charge in [-0.15, -0.1) is 0 Å². The Labute approximate surface area is 149 Å². The van der Waals surface area contributed by atoms with Crippen LogP contribution in [-0.2, 0) is 4.74 Å². The number of hydrogen-bond donors (Lipinski definition) is 1. The van der Waals surface area contributed by atoms with Crippen molar-refractivity contribution in [1.29, 1.82) is 5.26 Å². The number of hydrogen-bond acceptors (Lipinski definition) is 6. The van der Waals surface area contributed by atoms with E-state index in [1.807, 2.05) is 13.0 Å². The third kappa shape index (κ3) is 3.37. The van der Waals surface area contributed by atoms with Crippen LogP contribution >= 0.6 is 0 Å². The van der Waals surface area contributed by atoms with E-state index < -0.39 is 11.9 Å². The lowest BCUT2D eigenvalue weighted by Gasteiger charge is -2.09. The van der Waals surface area contributed by atoms with Gasteiger partial charge in [0.2, 0.25) is 0 Å². The minimum atomic E-state index is -0.615. The molecule has 0 radical (unpaired) electrons. The zero-order chi connectivity index (χ0) is 18.5. The normalized spacial score (nSPS) is 10.3. The van der Waals surface area contributed by atoms with Gasteiger partial charge in [-0.1, -0.05) is 25.1 Å². The number of esters is 1. The second-order valence-electron chi connectivity index (χ2n) is 5.39. The average molecular weight is 349 g/mol. The molecule has 1 amide bonds. The van der Waals surface area contributed by atoms with Gasteiger partial charge in [-0.25, -0.2) is 14.8 Å². The first kappa shape index (κ1) is 17.1. The van der Waals surface area contributed by atoms with E-state index in [2.05, 4.69) is 15.3 Å². The molecule has 2 heterocycles. The van der Waals surface area contributed by atoms with E-state index in [0.717, 1.165) is 0 Å². The Bertz CT molecular complexity index is 1000. The molecule has 1 N–H and O–H groups in total. The molecule has 1 aromatic carbocycles. The van der Waals surface area contributed by atoms with Crippen LogP contribution in [0.2, 0.25) is 0 Å². The van der Waals surface area contributed by atoms with Crippen molar-refractivity contribution >= 4 is 23.2 Å². The fourth-order valence-corrected chi connectivity index (χ4v) is 2.33. The lowest BCUT2D eigenvalue weighted by Crippen LogP contribution is -2.17. The van der Waals surface area contributed by atoms with Gasteiger partial charge in [0.1, 0.15) is 17.9 Å². The maximum Gasteiger partial charge on any atom is 0.358 e.